The Bertz CT molecular complexity index is 55.0. The molecule has 0 aromatic rings. The van der Waals surface area contributed by atoms with Crippen molar-refractivity contribution in [3.8, 4) is 0 Å². The summed E-state index contributed by atoms with van der Waals surface area (Å²) in [4.78, 5) is 0. The van der Waals surface area contributed by atoms with Gasteiger partial charge in [-0.25, -0.2) is 0 Å². The third-order valence-corrected chi connectivity index (χ3v) is 1.30. The minimum atomic E-state index is 0.180. The molecule has 3 nitrogen and oxygen atoms in total. The number of aliphatic hydroxyl groups is 1. The van der Waals surface area contributed by atoms with E-state index in [1.807, 2.05) is 7.05 Å². The van der Waals surface area contributed by atoms with Crippen LogP contribution in [0.1, 0.15) is 6.42 Å². The van der Waals surface area contributed by atoms with Gasteiger partial charge in [-0.05, 0) is 13.5 Å². The monoisotopic (exact) mass is 133 g/mol. The maximum atomic E-state index is 8.63. The van der Waals surface area contributed by atoms with E-state index in [1.165, 1.54) is 0 Å². The standard InChI is InChI=1S/C6H15NO2/c1-7-6(5-8)3-4-9-2/h6-8H,3-5H2,1-2H3. The lowest BCUT2D eigenvalue weighted by molar-refractivity contribution is 0.162. The summed E-state index contributed by atoms with van der Waals surface area (Å²) in [6, 6.07) is 0.185. The second-order valence-electron chi connectivity index (χ2n) is 1.95. The number of ether oxygens (including phenoxy) is 1. The fraction of sp³-hybridized carbons (Fsp3) is 1.00. The van der Waals surface area contributed by atoms with E-state index in [-0.39, 0.29) is 12.6 Å². The molecular weight excluding hydrogens is 118 g/mol. The van der Waals surface area contributed by atoms with E-state index < -0.39 is 0 Å². The third-order valence-electron chi connectivity index (χ3n) is 1.30. The molecule has 0 aliphatic carbocycles. The highest BCUT2D eigenvalue weighted by Gasteiger charge is 2.01. The smallest absolute Gasteiger partial charge is 0.0585 e. The van der Waals surface area contributed by atoms with E-state index in [4.69, 9.17) is 9.84 Å². The van der Waals surface area contributed by atoms with Gasteiger partial charge in [0.2, 0.25) is 0 Å². The molecular formula is C6H15NO2. The zero-order chi connectivity index (χ0) is 7.11. The minimum Gasteiger partial charge on any atom is -0.395 e. The van der Waals surface area contributed by atoms with Gasteiger partial charge in [0.15, 0.2) is 0 Å². The van der Waals surface area contributed by atoms with Gasteiger partial charge in [0.05, 0.1) is 6.61 Å². The number of likely N-dealkylation sites (N-methyl/N-ethyl adjacent to an activating group) is 1. The number of hydrogen-bond acceptors (Lipinski definition) is 3. The number of methoxy groups -OCH3 is 1. The van der Waals surface area contributed by atoms with Gasteiger partial charge >= 0.3 is 0 Å². The first-order chi connectivity index (χ1) is 4.35. The molecule has 0 aliphatic rings. The summed E-state index contributed by atoms with van der Waals surface area (Å²) in [5.41, 5.74) is 0. The fourth-order valence-corrected chi connectivity index (χ4v) is 0.587. The predicted octanol–water partition coefficient (Wildman–Crippen LogP) is -0.397. The molecule has 9 heavy (non-hydrogen) atoms. The molecule has 0 rings (SSSR count). The van der Waals surface area contributed by atoms with Crippen molar-refractivity contribution in [1.29, 1.82) is 0 Å². The predicted molar refractivity (Wildman–Crippen MR) is 36.4 cm³/mol. The molecule has 0 saturated heterocycles. The van der Waals surface area contributed by atoms with Crippen LogP contribution in [0.25, 0.3) is 0 Å². The molecule has 2 N–H and O–H groups in total. The lowest BCUT2D eigenvalue weighted by atomic mass is 10.2. The average Bonchev–Trinajstić information content (AvgIpc) is 1.91. The maximum absolute atomic E-state index is 8.63. The number of nitrogens with one attached hydrogen (secondary N) is 1. The van der Waals surface area contributed by atoms with E-state index >= 15 is 0 Å². The largest absolute Gasteiger partial charge is 0.395 e. The van der Waals surface area contributed by atoms with E-state index in [1.54, 1.807) is 7.11 Å². The van der Waals surface area contributed by atoms with Crippen LogP contribution in [0.2, 0.25) is 0 Å². The van der Waals surface area contributed by atoms with Crippen LogP contribution in [0, 0.1) is 0 Å². The van der Waals surface area contributed by atoms with Gasteiger partial charge in [-0.15, -0.1) is 0 Å². The Labute approximate surface area is 56.0 Å². The van der Waals surface area contributed by atoms with Crippen LogP contribution < -0.4 is 5.32 Å². The second kappa shape index (κ2) is 6.01. The van der Waals surface area contributed by atoms with Gasteiger partial charge in [0.25, 0.3) is 0 Å². The Morgan fingerprint density at radius 2 is 2.33 bits per heavy atom. The van der Waals surface area contributed by atoms with Crippen molar-refractivity contribution in [1.82, 2.24) is 5.32 Å². The number of hydrogen-bond donors (Lipinski definition) is 2. The summed E-state index contributed by atoms with van der Waals surface area (Å²) in [6.45, 7) is 0.881. The fourth-order valence-electron chi connectivity index (χ4n) is 0.587. The highest BCUT2D eigenvalue weighted by molar-refractivity contribution is 4.60. The normalized spacial score (nSPS) is 13.7. The van der Waals surface area contributed by atoms with Gasteiger partial charge in [-0.2, -0.15) is 0 Å². The van der Waals surface area contributed by atoms with Crippen LogP contribution in [0.15, 0.2) is 0 Å². The van der Waals surface area contributed by atoms with Crippen LogP contribution >= 0.6 is 0 Å². The molecule has 56 valence electrons. The van der Waals surface area contributed by atoms with E-state index in [0.29, 0.717) is 6.61 Å². The molecule has 0 aromatic heterocycles. The molecule has 1 unspecified atom stereocenters. The van der Waals surface area contributed by atoms with Gasteiger partial charge in [0.1, 0.15) is 0 Å². The van der Waals surface area contributed by atoms with E-state index in [2.05, 4.69) is 5.32 Å². The van der Waals surface area contributed by atoms with Crippen molar-refractivity contribution < 1.29 is 9.84 Å². The van der Waals surface area contributed by atoms with Gasteiger partial charge in [-0.1, -0.05) is 0 Å². The van der Waals surface area contributed by atoms with E-state index in [9.17, 15) is 0 Å². The van der Waals surface area contributed by atoms with Crippen molar-refractivity contribution in [2.75, 3.05) is 27.4 Å². The Hall–Kier alpha value is -0.120. The maximum Gasteiger partial charge on any atom is 0.0585 e. The van der Waals surface area contributed by atoms with Crippen LogP contribution in [0.4, 0.5) is 0 Å². The Kier molecular flexibility index (Phi) is 5.93. The zero-order valence-corrected chi connectivity index (χ0v) is 6.05. The summed E-state index contributed by atoms with van der Waals surface area (Å²) < 4.78 is 4.82. The molecule has 0 radical (unpaired) electrons. The van der Waals surface area contributed by atoms with Crippen molar-refractivity contribution >= 4 is 0 Å². The summed E-state index contributed by atoms with van der Waals surface area (Å²) in [5.74, 6) is 0. The van der Waals surface area contributed by atoms with Crippen molar-refractivity contribution in [3.05, 3.63) is 0 Å². The summed E-state index contributed by atoms with van der Waals surface area (Å²) in [6.07, 6.45) is 0.865. The Morgan fingerprint density at radius 1 is 1.67 bits per heavy atom. The molecule has 0 amide bonds. The van der Waals surface area contributed by atoms with Crippen LogP contribution in [0.3, 0.4) is 0 Å². The molecule has 0 saturated carbocycles. The molecule has 0 fully saturated rings. The molecule has 0 heterocycles. The highest BCUT2D eigenvalue weighted by atomic mass is 16.5. The molecule has 0 spiro atoms. The van der Waals surface area contributed by atoms with Crippen LogP contribution in [0.5, 0.6) is 0 Å². The lowest BCUT2D eigenvalue weighted by Crippen LogP contribution is -2.29. The first-order valence-corrected chi connectivity index (χ1v) is 3.12. The van der Waals surface area contributed by atoms with Crippen LogP contribution in [-0.2, 0) is 4.74 Å². The van der Waals surface area contributed by atoms with Gasteiger partial charge in [0, 0.05) is 19.8 Å². The SMILES string of the molecule is CNC(CO)CCOC. The summed E-state index contributed by atoms with van der Waals surface area (Å²) in [5, 5.41) is 11.6. The van der Waals surface area contributed by atoms with Gasteiger partial charge < -0.3 is 15.2 Å². The van der Waals surface area contributed by atoms with Crippen molar-refractivity contribution in [2.24, 2.45) is 0 Å². The lowest BCUT2D eigenvalue weighted by Gasteiger charge is -2.10. The topological polar surface area (TPSA) is 41.5 Å². The molecule has 0 aromatic carbocycles. The molecule has 1 atom stereocenters. The second-order valence-corrected chi connectivity index (χ2v) is 1.95. The van der Waals surface area contributed by atoms with Crippen molar-refractivity contribution in [3.63, 3.8) is 0 Å². The van der Waals surface area contributed by atoms with Gasteiger partial charge in [-0.3, -0.25) is 0 Å². The Morgan fingerprint density at radius 3 is 2.67 bits per heavy atom. The molecule has 0 aliphatic heterocycles. The quantitative estimate of drug-likeness (QED) is 0.536. The van der Waals surface area contributed by atoms with E-state index in [0.717, 1.165) is 6.42 Å². The zero-order valence-electron chi connectivity index (χ0n) is 6.05. The number of aliphatic hydroxyl groups excluding tert-OH is 1. The Balaban J connectivity index is 3.09. The third kappa shape index (κ3) is 4.39. The number of rotatable bonds is 5. The van der Waals surface area contributed by atoms with Crippen LogP contribution in [-0.4, -0.2) is 38.5 Å². The average molecular weight is 133 g/mol. The summed E-state index contributed by atoms with van der Waals surface area (Å²) in [7, 11) is 3.49. The summed E-state index contributed by atoms with van der Waals surface area (Å²) >= 11 is 0. The first-order valence-electron chi connectivity index (χ1n) is 3.12. The first kappa shape index (κ1) is 8.88. The molecule has 3 heteroatoms. The minimum absolute atomic E-state index is 0.180. The molecule has 0 bridgehead atoms. The highest BCUT2D eigenvalue weighted by Crippen LogP contribution is 1.88. The van der Waals surface area contributed by atoms with Crippen molar-refractivity contribution in [2.45, 2.75) is 12.5 Å².